The highest BCUT2D eigenvalue weighted by Gasteiger charge is 2.48. The lowest BCUT2D eigenvalue weighted by Crippen LogP contribution is -2.37. The fourth-order valence-corrected chi connectivity index (χ4v) is 7.24. The molecular formula is C22H19F3O2P+. The predicted octanol–water partition coefficient (Wildman–Crippen LogP) is 3.96. The van der Waals surface area contributed by atoms with E-state index in [0.717, 1.165) is 0 Å². The fourth-order valence-electron chi connectivity index (χ4n) is 3.26. The molecule has 0 spiro atoms. The maximum Gasteiger partial charge on any atom is 0.345 e. The zero-order valence-electron chi connectivity index (χ0n) is 15.2. The molecule has 28 heavy (non-hydrogen) atoms. The van der Waals surface area contributed by atoms with Gasteiger partial charge < -0.3 is 4.74 Å². The van der Waals surface area contributed by atoms with Crippen LogP contribution >= 0.6 is 7.26 Å². The summed E-state index contributed by atoms with van der Waals surface area (Å²) in [6.45, 7) is 1.86. The first-order valence-corrected chi connectivity index (χ1v) is 10.7. The molecule has 6 heteroatoms. The highest BCUT2D eigenvalue weighted by molar-refractivity contribution is 7.96. The van der Waals surface area contributed by atoms with E-state index in [1.807, 2.05) is 0 Å². The van der Waals surface area contributed by atoms with Gasteiger partial charge in [0.2, 0.25) is 0 Å². The van der Waals surface area contributed by atoms with E-state index in [2.05, 4.69) is 0 Å². The Morgan fingerprint density at radius 2 is 1.18 bits per heavy atom. The van der Waals surface area contributed by atoms with Gasteiger partial charge in [0.25, 0.3) is 0 Å². The molecule has 3 aromatic rings. The molecule has 144 valence electrons. The average Bonchev–Trinajstić information content (AvgIpc) is 2.66. The Hall–Kier alpha value is -2.65. The van der Waals surface area contributed by atoms with Crippen LogP contribution in [0.5, 0.6) is 0 Å². The van der Waals surface area contributed by atoms with Crippen molar-refractivity contribution >= 4 is 29.1 Å². The fraction of sp³-hybridized carbons (Fsp3) is 0.136. The number of esters is 1. The molecule has 0 fully saturated rings. The van der Waals surface area contributed by atoms with Crippen LogP contribution in [0.3, 0.4) is 0 Å². The quantitative estimate of drug-likeness (QED) is 0.460. The molecule has 0 amide bonds. The number of benzene rings is 3. The Balaban J connectivity index is 2.35. The van der Waals surface area contributed by atoms with E-state index in [1.54, 1.807) is 25.1 Å². The van der Waals surface area contributed by atoms with Crippen LogP contribution in [0.1, 0.15) is 6.92 Å². The molecule has 0 aliphatic rings. The Morgan fingerprint density at radius 1 is 0.786 bits per heavy atom. The van der Waals surface area contributed by atoms with Crippen LogP contribution in [0.2, 0.25) is 0 Å². The highest BCUT2D eigenvalue weighted by atomic mass is 31.2. The summed E-state index contributed by atoms with van der Waals surface area (Å²) in [5, 5.41) is 1.53. The number of ether oxygens (including phenoxy) is 1. The minimum Gasteiger partial charge on any atom is -0.463 e. The normalized spacial score (nSPS) is 11.3. The Bertz CT molecular complexity index is 880. The van der Waals surface area contributed by atoms with Gasteiger partial charge in [-0.3, -0.25) is 0 Å². The van der Waals surface area contributed by atoms with Crippen molar-refractivity contribution in [3.8, 4) is 0 Å². The van der Waals surface area contributed by atoms with Gasteiger partial charge in [0.1, 0.15) is 40.6 Å². The zero-order valence-corrected chi connectivity index (χ0v) is 16.1. The van der Waals surface area contributed by atoms with Crippen LogP contribution in [-0.2, 0) is 9.53 Å². The predicted molar refractivity (Wildman–Crippen MR) is 107 cm³/mol. The van der Waals surface area contributed by atoms with Crippen LogP contribution < -0.4 is 15.9 Å². The molecule has 0 aliphatic heterocycles. The van der Waals surface area contributed by atoms with Crippen molar-refractivity contribution in [3.05, 3.63) is 90.2 Å². The van der Waals surface area contributed by atoms with E-state index in [0.29, 0.717) is 15.9 Å². The lowest BCUT2D eigenvalue weighted by Gasteiger charge is -2.26. The number of carbonyl (C=O) groups excluding carboxylic acids is 1. The summed E-state index contributed by atoms with van der Waals surface area (Å²) in [7, 11) is -2.91. The summed E-state index contributed by atoms with van der Waals surface area (Å²) in [4.78, 5) is 12.6. The van der Waals surface area contributed by atoms with Crippen molar-refractivity contribution < 1.29 is 22.7 Å². The number of halogens is 3. The second kappa shape index (κ2) is 8.57. The third kappa shape index (κ3) is 4.10. The maximum atomic E-state index is 14.1. The van der Waals surface area contributed by atoms with Crippen molar-refractivity contribution in [1.82, 2.24) is 0 Å². The van der Waals surface area contributed by atoms with Gasteiger partial charge >= 0.3 is 5.97 Å². The molecule has 2 nitrogen and oxygen atoms in total. The molecule has 0 bridgehead atoms. The molecular weight excluding hydrogens is 384 g/mol. The Labute approximate surface area is 162 Å². The number of rotatable bonds is 6. The summed E-state index contributed by atoms with van der Waals surface area (Å²) in [6, 6.07) is 17.5. The Kier molecular flexibility index (Phi) is 6.15. The number of hydrogen-bond acceptors (Lipinski definition) is 2. The lowest BCUT2D eigenvalue weighted by molar-refractivity contribution is -0.139. The standard InChI is InChI=1S/C22H19F3O2P/c1-2-27-22(26)15-28(19-9-3-6-16(23)12-19,20-10-4-7-17(24)13-20)21-11-5-8-18(25)14-21/h3-14H,2,15H2,1H3/q+1. The van der Waals surface area contributed by atoms with Crippen LogP contribution in [-0.4, -0.2) is 18.7 Å². The molecule has 0 N–H and O–H groups in total. The SMILES string of the molecule is CCOC(=O)C[P+](c1cccc(F)c1)(c1cccc(F)c1)c1cccc(F)c1. The topological polar surface area (TPSA) is 26.3 Å². The smallest absolute Gasteiger partial charge is 0.345 e. The first kappa shape index (κ1) is 20.1. The molecule has 0 atom stereocenters. The number of carbonyl (C=O) groups is 1. The molecule has 3 rings (SSSR count). The van der Waals surface area contributed by atoms with Crippen molar-refractivity contribution in [1.29, 1.82) is 0 Å². The van der Waals surface area contributed by atoms with Gasteiger partial charge in [-0.05, 0) is 43.3 Å². The van der Waals surface area contributed by atoms with E-state index in [9.17, 15) is 18.0 Å². The molecule has 3 aromatic carbocycles. The molecule has 0 unspecified atom stereocenters. The molecule has 0 saturated carbocycles. The minimum absolute atomic E-state index is 0.128. The summed E-state index contributed by atoms with van der Waals surface area (Å²) >= 11 is 0. The molecule has 0 heterocycles. The molecule has 0 saturated heterocycles. The van der Waals surface area contributed by atoms with E-state index >= 15 is 0 Å². The van der Waals surface area contributed by atoms with Crippen molar-refractivity contribution in [2.24, 2.45) is 0 Å². The second-order valence-electron chi connectivity index (χ2n) is 6.21. The minimum atomic E-state index is -2.91. The molecule has 0 aliphatic carbocycles. The van der Waals surface area contributed by atoms with Gasteiger partial charge in [0.15, 0.2) is 6.16 Å². The summed E-state index contributed by atoms with van der Waals surface area (Å²) in [5.74, 6) is -1.97. The van der Waals surface area contributed by atoms with E-state index in [-0.39, 0.29) is 12.8 Å². The highest BCUT2D eigenvalue weighted by Crippen LogP contribution is 2.55. The number of hydrogen-bond donors (Lipinski definition) is 0. The van der Waals surface area contributed by atoms with Gasteiger partial charge in [-0.25, -0.2) is 18.0 Å². The molecule has 0 radical (unpaired) electrons. The summed E-state index contributed by atoms with van der Waals surface area (Å²) < 4.78 is 47.5. The van der Waals surface area contributed by atoms with Crippen LogP contribution in [0.4, 0.5) is 13.2 Å². The second-order valence-corrected chi connectivity index (χ2v) is 9.70. The molecule has 0 aromatic heterocycles. The zero-order chi connectivity index (χ0) is 20.1. The third-order valence-electron chi connectivity index (χ3n) is 4.42. The van der Waals surface area contributed by atoms with Crippen LogP contribution in [0.25, 0.3) is 0 Å². The Morgan fingerprint density at radius 3 is 1.50 bits per heavy atom. The van der Waals surface area contributed by atoms with Gasteiger partial charge in [-0.15, -0.1) is 0 Å². The summed E-state index contributed by atoms with van der Waals surface area (Å²) in [6.07, 6.45) is -0.128. The van der Waals surface area contributed by atoms with Gasteiger partial charge in [0.05, 0.1) is 6.61 Å². The van der Waals surface area contributed by atoms with E-state index in [4.69, 9.17) is 4.74 Å². The van der Waals surface area contributed by atoms with Crippen LogP contribution in [0, 0.1) is 17.5 Å². The van der Waals surface area contributed by atoms with Gasteiger partial charge in [-0.2, -0.15) is 0 Å². The van der Waals surface area contributed by atoms with E-state index < -0.39 is 30.7 Å². The van der Waals surface area contributed by atoms with Crippen LogP contribution in [0.15, 0.2) is 72.8 Å². The largest absolute Gasteiger partial charge is 0.463 e. The lowest BCUT2D eigenvalue weighted by atomic mass is 10.3. The first-order valence-electron chi connectivity index (χ1n) is 8.78. The van der Waals surface area contributed by atoms with Crippen molar-refractivity contribution in [2.75, 3.05) is 12.8 Å². The van der Waals surface area contributed by atoms with E-state index in [1.165, 1.54) is 54.6 Å². The van der Waals surface area contributed by atoms with Crippen molar-refractivity contribution in [2.45, 2.75) is 6.92 Å². The monoisotopic (exact) mass is 403 g/mol. The third-order valence-corrected chi connectivity index (χ3v) is 8.63. The average molecular weight is 403 g/mol. The maximum absolute atomic E-state index is 14.1. The summed E-state index contributed by atoms with van der Waals surface area (Å²) in [5.41, 5.74) is 0. The van der Waals surface area contributed by atoms with Gasteiger partial charge in [0, 0.05) is 18.2 Å². The van der Waals surface area contributed by atoms with Gasteiger partial charge in [-0.1, -0.05) is 18.2 Å². The first-order chi connectivity index (χ1) is 13.5. The van der Waals surface area contributed by atoms with Crippen molar-refractivity contribution in [3.63, 3.8) is 0 Å².